The molecule has 0 unspecified atom stereocenters. The SMILES string of the molecule is CCCC/C=C/c1ccc(N)c(N(C)C(=O)C2(NC(=O)OC(C)(C)C)CCC2)c1. The van der Waals surface area contributed by atoms with Gasteiger partial charge >= 0.3 is 6.09 Å². The Bertz CT molecular complexity index is 761. The van der Waals surface area contributed by atoms with Crippen LogP contribution in [0.1, 0.15) is 71.8 Å². The lowest BCUT2D eigenvalue weighted by molar-refractivity contribution is -0.128. The molecule has 0 heterocycles. The number of likely N-dealkylation sites (N-methyl/N-ethyl adjacent to an activating group) is 1. The van der Waals surface area contributed by atoms with Gasteiger partial charge in [0.1, 0.15) is 11.1 Å². The number of allylic oxidation sites excluding steroid dienone is 1. The van der Waals surface area contributed by atoms with E-state index in [9.17, 15) is 9.59 Å². The molecule has 0 saturated heterocycles. The maximum Gasteiger partial charge on any atom is 0.408 e. The van der Waals surface area contributed by atoms with Crippen LogP contribution in [0.3, 0.4) is 0 Å². The van der Waals surface area contributed by atoms with Gasteiger partial charge in [-0.2, -0.15) is 0 Å². The van der Waals surface area contributed by atoms with Gasteiger partial charge in [0.15, 0.2) is 0 Å². The molecule has 1 aliphatic carbocycles. The van der Waals surface area contributed by atoms with E-state index in [1.54, 1.807) is 32.7 Å². The van der Waals surface area contributed by atoms with Crippen molar-refractivity contribution >= 4 is 29.5 Å². The van der Waals surface area contributed by atoms with E-state index >= 15 is 0 Å². The van der Waals surface area contributed by atoms with E-state index in [0.717, 1.165) is 31.2 Å². The van der Waals surface area contributed by atoms with Crippen LogP contribution in [-0.2, 0) is 9.53 Å². The zero-order valence-electron chi connectivity index (χ0n) is 18.4. The number of rotatable bonds is 7. The van der Waals surface area contributed by atoms with Crippen LogP contribution in [0.15, 0.2) is 24.3 Å². The summed E-state index contributed by atoms with van der Waals surface area (Å²) in [6, 6.07) is 5.67. The van der Waals surface area contributed by atoms with Crippen molar-refractivity contribution in [3.05, 3.63) is 29.8 Å². The van der Waals surface area contributed by atoms with E-state index in [-0.39, 0.29) is 5.91 Å². The molecular weight excluding hydrogens is 366 g/mol. The highest BCUT2D eigenvalue weighted by Gasteiger charge is 2.48. The molecule has 1 saturated carbocycles. The minimum atomic E-state index is -0.934. The van der Waals surface area contributed by atoms with Gasteiger partial charge in [0.05, 0.1) is 11.4 Å². The Balaban J connectivity index is 2.17. The lowest BCUT2D eigenvalue weighted by Gasteiger charge is -2.43. The average Bonchev–Trinajstić information content (AvgIpc) is 2.60. The molecule has 2 amide bonds. The zero-order chi connectivity index (χ0) is 21.7. The van der Waals surface area contributed by atoms with E-state index in [4.69, 9.17) is 10.5 Å². The number of ether oxygens (including phenoxy) is 1. The largest absolute Gasteiger partial charge is 0.444 e. The summed E-state index contributed by atoms with van der Waals surface area (Å²) in [5.41, 5.74) is 6.77. The van der Waals surface area contributed by atoms with Crippen molar-refractivity contribution in [3.63, 3.8) is 0 Å². The van der Waals surface area contributed by atoms with E-state index in [1.165, 1.54) is 0 Å². The Hall–Kier alpha value is -2.50. The van der Waals surface area contributed by atoms with Crippen molar-refractivity contribution in [2.45, 2.75) is 77.4 Å². The van der Waals surface area contributed by atoms with Gasteiger partial charge in [-0.05, 0) is 64.2 Å². The summed E-state index contributed by atoms with van der Waals surface area (Å²) in [5.74, 6) is -0.173. The van der Waals surface area contributed by atoms with Crippen molar-refractivity contribution < 1.29 is 14.3 Å². The molecule has 1 fully saturated rings. The molecule has 1 aliphatic rings. The van der Waals surface area contributed by atoms with Gasteiger partial charge in [0.2, 0.25) is 0 Å². The second kappa shape index (κ2) is 9.33. The molecule has 0 aliphatic heterocycles. The summed E-state index contributed by atoms with van der Waals surface area (Å²) >= 11 is 0. The summed E-state index contributed by atoms with van der Waals surface area (Å²) < 4.78 is 5.36. The van der Waals surface area contributed by atoms with Crippen molar-refractivity contribution in [2.24, 2.45) is 0 Å². The van der Waals surface area contributed by atoms with Gasteiger partial charge in [0.25, 0.3) is 5.91 Å². The molecule has 0 aromatic heterocycles. The number of amides is 2. The monoisotopic (exact) mass is 401 g/mol. The van der Waals surface area contributed by atoms with E-state index in [2.05, 4.69) is 24.4 Å². The van der Waals surface area contributed by atoms with Gasteiger partial charge < -0.3 is 20.7 Å². The van der Waals surface area contributed by atoms with Crippen molar-refractivity contribution in [3.8, 4) is 0 Å². The number of alkyl carbamates (subject to hydrolysis) is 1. The third-order valence-corrected chi connectivity index (χ3v) is 5.11. The number of nitrogen functional groups attached to an aromatic ring is 1. The molecule has 0 radical (unpaired) electrons. The first kappa shape index (κ1) is 22.8. The van der Waals surface area contributed by atoms with Crippen LogP contribution >= 0.6 is 0 Å². The second-order valence-electron chi connectivity index (χ2n) is 8.79. The fourth-order valence-corrected chi connectivity index (χ4v) is 3.35. The third-order valence-electron chi connectivity index (χ3n) is 5.11. The highest BCUT2D eigenvalue weighted by Crippen LogP contribution is 2.36. The van der Waals surface area contributed by atoms with Crippen LogP contribution < -0.4 is 16.0 Å². The molecule has 3 N–H and O–H groups in total. The molecule has 1 aromatic rings. The Morgan fingerprint density at radius 3 is 2.55 bits per heavy atom. The van der Waals surface area contributed by atoms with E-state index < -0.39 is 17.2 Å². The number of hydrogen-bond acceptors (Lipinski definition) is 4. The summed E-state index contributed by atoms with van der Waals surface area (Å²) in [6.07, 6.45) is 9.00. The Morgan fingerprint density at radius 2 is 2.00 bits per heavy atom. The van der Waals surface area contributed by atoms with E-state index in [1.807, 2.05) is 18.2 Å². The lowest BCUT2D eigenvalue weighted by atomic mass is 9.75. The van der Waals surface area contributed by atoms with Crippen LogP contribution in [-0.4, -0.2) is 30.2 Å². The van der Waals surface area contributed by atoms with Crippen LogP contribution in [0.5, 0.6) is 0 Å². The third kappa shape index (κ3) is 5.99. The summed E-state index contributed by atoms with van der Waals surface area (Å²) in [7, 11) is 1.70. The minimum Gasteiger partial charge on any atom is -0.444 e. The topological polar surface area (TPSA) is 84.7 Å². The van der Waals surface area contributed by atoms with Gasteiger partial charge in [-0.1, -0.05) is 38.0 Å². The fourth-order valence-electron chi connectivity index (χ4n) is 3.35. The van der Waals surface area contributed by atoms with Crippen LogP contribution in [0.4, 0.5) is 16.2 Å². The first-order valence-corrected chi connectivity index (χ1v) is 10.4. The number of carbonyl (C=O) groups is 2. The molecule has 0 spiro atoms. The molecule has 29 heavy (non-hydrogen) atoms. The number of unbranched alkanes of at least 4 members (excludes halogenated alkanes) is 2. The first-order valence-electron chi connectivity index (χ1n) is 10.4. The molecule has 0 atom stereocenters. The predicted molar refractivity (Wildman–Crippen MR) is 119 cm³/mol. The lowest BCUT2D eigenvalue weighted by Crippen LogP contribution is -2.63. The maximum absolute atomic E-state index is 13.3. The fraction of sp³-hybridized carbons (Fsp3) is 0.565. The van der Waals surface area contributed by atoms with Crippen LogP contribution in [0.2, 0.25) is 0 Å². The number of anilines is 2. The molecule has 2 rings (SSSR count). The summed E-state index contributed by atoms with van der Waals surface area (Å²) in [5, 5.41) is 2.81. The number of nitrogens with one attached hydrogen (secondary N) is 1. The molecule has 6 heteroatoms. The molecule has 0 bridgehead atoms. The molecule has 160 valence electrons. The van der Waals surface area contributed by atoms with Crippen molar-refractivity contribution in [2.75, 3.05) is 17.7 Å². The standard InChI is InChI=1S/C23H35N3O3/c1-6-7-8-9-11-17-12-13-18(24)19(16-17)26(5)20(27)23(14-10-15-23)25-21(28)29-22(2,3)4/h9,11-13,16H,6-8,10,14-15,24H2,1-5H3,(H,25,28)/b11-9+. The molecular formula is C23H35N3O3. The maximum atomic E-state index is 13.3. The molecule has 6 nitrogen and oxygen atoms in total. The zero-order valence-corrected chi connectivity index (χ0v) is 18.4. The summed E-state index contributed by atoms with van der Waals surface area (Å²) in [6.45, 7) is 7.56. The Morgan fingerprint density at radius 1 is 1.31 bits per heavy atom. The normalized spacial score (nSPS) is 15.6. The van der Waals surface area contributed by atoms with Gasteiger partial charge in [-0.3, -0.25) is 4.79 Å². The van der Waals surface area contributed by atoms with Crippen molar-refractivity contribution in [1.82, 2.24) is 5.32 Å². The second-order valence-corrected chi connectivity index (χ2v) is 8.79. The Kier molecular flexibility index (Phi) is 7.33. The van der Waals surface area contributed by atoms with Gasteiger partial charge in [0, 0.05) is 7.05 Å². The molecule has 1 aromatic carbocycles. The van der Waals surface area contributed by atoms with E-state index in [0.29, 0.717) is 24.2 Å². The first-order chi connectivity index (χ1) is 13.6. The number of benzene rings is 1. The minimum absolute atomic E-state index is 0.173. The van der Waals surface area contributed by atoms with Crippen LogP contribution in [0.25, 0.3) is 6.08 Å². The quantitative estimate of drug-likeness (QED) is 0.504. The average molecular weight is 402 g/mol. The predicted octanol–water partition coefficient (Wildman–Crippen LogP) is 4.88. The van der Waals surface area contributed by atoms with Crippen molar-refractivity contribution in [1.29, 1.82) is 0 Å². The van der Waals surface area contributed by atoms with Gasteiger partial charge in [-0.25, -0.2) is 4.79 Å². The highest BCUT2D eigenvalue weighted by atomic mass is 16.6. The number of carbonyl (C=O) groups excluding carboxylic acids is 2. The number of nitrogens with two attached hydrogens (primary N) is 1. The number of nitrogens with zero attached hydrogens (tertiary/aromatic N) is 1. The number of hydrogen-bond donors (Lipinski definition) is 2. The van der Waals surface area contributed by atoms with Gasteiger partial charge in [-0.15, -0.1) is 0 Å². The summed E-state index contributed by atoms with van der Waals surface area (Å²) in [4.78, 5) is 27.1. The van der Waals surface area contributed by atoms with Crippen LogP contribution in [0, 0.1) is 0 Å². The smallest absolute Gasteiger partial charge is 0.408 e. The Labute approximate surface area is 174 Å². The highest BCUT2D eigenvalue weighted by molar-refractivity contribution is 6.04.